The van der Waals surface area contributed by atoms with Crippen molar-refractivity contribution < 1.29 is 18.3 Å². The van der Waals surface area contributed by atoms with E-state index in [1.807, 2.05) is 60.7 Å². The molecule has 7 heteroatoms. The highest BCUT2D eigenvalue weighted by molar-refractivity contribution is 6.31. The van der Waals surface area contributed by atoms with Crippen molar-refractivity contribution in [3.8, 4) is 17.1 Å². The van der Waals surface area contributed by atoms with Crippen LogP contribution in [0.15, 0.2) is 95.6 Å². The van der Waals surface area contributed by atoms with Gasteiger partial charge >= 0.3 is 5.97 Å². The van der Waals surface area contributed by atoms with Crippen LogP contribution in [0.4, 0.5) is 4.39 Å². The molecule has 0 saturated heterocycles. The zero-order chi connectivity index (χ0) is 23.5. The second-order valence-electron chi connectivity index (χ2n) is 7.50. The zero-order valence-corrected chi connectivity index (χ0v) is 18.6. The fourth-order valence-electron chi connectivity index (χ4n) is 3.53. The van der Waals surface area contributed by atoms with Gasteiger partial charge in [0, 0.05) is 28.8 Å². The monoisotopic (exact) mass is 472 g/mol. The summed E-state index contributed by atoms with van der Waals surface area (Å²) in [5.41, 5.74) is 2.95. The summed E-state index contributed by atoms with van der Waals surface area (Å²) in [6.45, 7) is -0.269. The number of esters is 1. The van der Waals surface area contributed by atoms with Gasteiger partial charge in [0.25, 0.3) is 0 Å². The summed E-state index contributed by atoms with van der Waals surface area (Å²) < 4.78 is 26.8. The Labute approximate surface area is 199 Å². The van der Waals surface area contributed by atoms with Gasteiger partial charge in [-0.15, -0.1) is 0 Å². The molecule has 2 aromatic heterocycles. The van der Waals surface area contributed by atoms with E-state index in [9.17, 15) is 9.18 Å². The fourth-order valence-corrected chi connectivity index (χ4v) is 3.75. The third kappa shape index (κ3) is 4.49. The van der Waals surface area contributed by atoms with Gasteiger partial charge in [0.1, 0.15) is 23.7 Å². The predicted octanol–water partition coefficient (Wildman–Crippen LogP) is 6.83. The van der Waals surface area contributed by atoms with Crippen LogP contribution >= 0.6 is 11.6 Å². The summed E-state index contributed by atoms with van der Waals surface area (Å²) in [4.78, 5) is 12.4. The molecule has 0 aliphatic carbocycles. The van der Waals surface area contributed by atoms with Gasteiger partial charge < -0.3 is 9.15 Å². The topological polar surface area (TPSA) is 57.3 Å². The quantitative estimate of drug-likeness (QED) is 0.200. The average Bonchev–Trinajstić information content (AvgIpc) is 3.47. The normalized spacial score (nSPS) is 11.4. The van der Waals surface area contributed by atoms with Crippen molar-refractivity contribution >= 4 is 34.6 Å². The average molecular weight is 473 g/mol. The van der Waals surface area contributed by atoms with E-state index in [4.69, 9.17) is 25.9 Å². The van der Waals surface area contributed by atoms with Gasteiger partial charge in [-0.2, -0.15) is 5.10 Å². The number of furan rings is 1. The van der Waals surface area contributed by atoms with Crippen molar-refractivity contribution in [2.75, 3.05) is 0 Å². The smallest absolute Gasteiger partial charge is 0.331 e. The van der Waals surface area contributed by atoms with Crippen LogP contribution in [0.2, 0.25) is 5.02 Å². The lowest BCUT2D eigenvalue weighted by atomic mass is 10.2. The Bertz CT molecular complexity index is 1450. The number of hydrogen-bond donors (Lipinski definition) is 0. The summed E-state index contributed by atoms with van der Waals surface area (Å²) in [5, 5.41) is 5.84. The molecule has 5 nitrogen and oxygen atoms in total. The number of rotatable bonds is 6. The van der Waals surface area contributed by atoms with Crippen LogP contribution in [0.25, 0.3) is 34.2 Å². The molecule has 0 bridgehead atoms. The van der Waals surface area contributed by atoms with Crippen molar-refractivity contribution in [1.82, 2.24) is 9.78 Å². The van der Waals surface area contributed by atoms with E-state index in [0.717, 1.165) is 16.7 Å². The first kappa shape index (κ1) is 21.7. The summed E-state index contributed by atoms with van der Waals surface area (Å²) in [6.07, 6.45) is 4.67. The van der Waals surface area contributed by atoms with Crippen LogP contribution < -0.4 is 0 Å². The molecule has 0 amide bonds. The lowest BCUT2D eigenvalue weighted by Gasteiger charge is -2.05. The molecule has 0 radical (unpaired) electrons. The standard InChI is InChI=1S/C27H18ClFN2O3/c28-22-10-6-11-23(29)21(22)17-33-26(32)14-13-19-16-31(20-8-2-1-3-9-20)30-27(19)25-15-18-7-4-5-12-24(18)34-25/h1-16H,17H2. The fraction of sp³-hybridized carbons (Fsp3) is 0.0370. The summed E-state index contributed by atoms with van der Waals surface area (Å²) in [6, 6.07) is 23.5. The van der Waals surface area contributed by atoms with Crippen molar-refractivity contribution in [2.45, 2.75) is 6.61 Å². The van der Waals surface area contributed by atoms with Crippen molar-refractivity contribution in [2.24, 2.45) is 0 Å². The molecule has 0 aliphatic heterocycles. The largest absolute Gasteiger partial charge is 0.457 e. The van der Waals surface area contributed by atoms with E-state index in [0.29, 0.717) is 17.0 Å². The minimum Gasteiger partial charge on any atom is -0.457 e. The van der Waals surface area contributed by atoms with Gasteiger partial charge in [-0.3, -0.25) is 0 Å². The molecule has 3 aromatic carbocycles. The van der Waals surface area contributed by atoms with E-state index in [1.165, 1.54) is 18.2 Å². The van der Waals surface area contributed by atoms with Crippen molar-refractivity contribution in [3.05, 3.63) is 113 Å². The molecule has 0 fully saturated rings. The van der Waals surface area contributed by atoms with Gasteiger partial charge in [-0.25, -0.2) is 13.9 Å². The second-order valence-corrected chi connectivity index (χ2v) is 7.91. The van der Waals surface area contributed by atoms with E-state index in [2.05, 4.69) is 0 Å². The van der Waals surface area contributed by atoms with Crippen LogP contribution in [-0.4, -0.2) is 15.7 Å². The Balaban J connectivity index is 1.44. The SMILES string of the molecule is O=C(C=Cc1cn(-c2ccccc2)nc1-c1cc2ccccc2o1)OCc1c(F)cccc1Cl. The van der Waals surface area contributed by atoms with Crippen LogP contribution in [-0.2, 0) is 16.1 Å². The number of nitrogens with zero attached hydrogens (tertiary/aromatic N) is 2. The molecule has 0 saturated carbocycles. The molecule has 5 rings (SSSR count). The number of carbonyl (C=O) groups excluding carboxylic acids is 1. The zero-order valence-electron chi connectivity index (χ0n) is 17.8. The first-order valence-electron chi connectivity index (χ1n) is 10.5. The maximum absolute atomic E-state index is 13.9. The van der Waals surface area contributed by atoms with Crippen LogP contribution in [0.1, 0.15) is 11.1 Å². The molecule has 0 N–H and O–H groups in total. The number of hydrogen-bond acceptors (Lipinski definition) is 4. The molecule has 168 valence electrons. The highest BCUT2D eigenvalue weighted by atomic mass is 35.5. The Morgan fingerprint density at radius 2 is 1.85 bits per heavy atom. The maximum atomic E-state index is 13.9. The van der Waals surface area contributed by atoms with Gasteiger partial charge in [0.2, 0.25) is 0 Å². The minimum absolute atomic E-state index is 0.130. The molecule has 0 aliphatic rings. The van der Waals surface area contributed by atoms with E-state index in [-0.39, 0.29) is 17.2 Å². The number of aromatic nitrogens is 2. The van der Waals surface area contributed by atoms with Gasteiger partial charge in [0.05, 0.1) is 10.7 Å². The highest BCUT2D eigenvalue weighted by Crippen LogP contribution is 2.30. The van der Waals surface area contributed by atoms with Crippen LogP contribution in [0.3, 0.4) is 0 Å². The highest BCUT2D eigenvalue weighted by Gasteiger charge is 2.16. The molecular weight excluding hydrogens is 455 g/mol. The lowest BCUT2D eigenvalue weighted by Crippen LogP contribution is -2.03. The third-order valence-electron chi connectivity index (χ3n) is 5.24. The summed E-state index contributed by atoms with van der Waals surface area (Å²) >= 11 is 6.00. The molecule has 0 spiro atoms. The Morgan fingerprint density at radius 3 is 2.65 bits per heavy atom. The lowest BCUT2D eigenvalue weighted by molar-refractivity contribution is -0.138. The number of ether oxygens (including phenoxy) is 1. The van der Waals surface area contributed by atoms with Gasteiger partial charge in [-0.05, 0) is 42.5 Å². The molecule has 0 atom stereocenters. The second kappa shape index (κ2) is 9.37. The summed E-state index contributed by atoms with van der Waals surface area (Å²) in [7, 11) is 0. The third-order valence-corrected chi connectivity index (χ3v) is 5.60. The first-order valence-corrected chi connectivity index (χ1v) is 10.9. The van der Waals surface area contributed by atoms with Crippen LogP contribution in [0.5, 0.6) is 0 Å². The Morgan fingerprint density at radius 1 is 1.06 bits per heavy atom. The van der Waals surface area contributed by atoms with Crippen molar-refractivity contribution in [3.63, 3.8) is 0 Å². The molecular formula is C27H18ClFN2O3. The number of carbonyl (C=O) groups is 1. The predicted molar refractivity (Wildman–Crippen MR) is 129 cm³/mol. The van der Waals surface area contributed by atoms with E-state index < -0.39 is 11.8 Å². The minimum atomic E-state index is -0.637. The van der Waals surface area contributed by atoms with Crippen molar-refractivity contribution in [1.29, 1.82) is 0 Å². The maximum Gasteiger partial charge on any atom is 0.331 e. The Hall–Kier alpha value is -4.16. The molecule has 0 unspecified atom stereocenters. The summed E-state index contributed by atoms with van der Waals surface area (Å²) in [5.74, 6) is -0.593. The van der Waals surface area contributed by atoms with Crippen LogP contribution in [0, 0.1) is 5.82 Å². The molecule has 2 heterocycles. The Kier molecular flexibility index (Phi) is 5.97. The first-order chi connectivity index (χ1) is 16.6. The van der Waals surface area contributed by atoms with Gasteiger partial charge in [-0.1, -0.05) is 54.1 Å². The number of fused-ring (bicyclic) bond motifs is 1. The number of benzene rings is 3. The van der Waals surface area contributed by atoms with Gasteiger partial charge in [0.15, 0.2) is 5.76 Å². The number of halogens is 2. The molecule has 5 aromatic rings. The number of para-hydroxylation sites is 2. The van der Waals surface area contributed by atoms with E-state index in [1.54, 1.807) is 23.0 Å². The molecule has 34 heavy (non-hydrogen) atoms. The van der Waals surface area contributed by atoms with E-state index >= 15 is 0 Å².